The Morgan fingerprint density at radius 2 is 2.00 bits per heavy atom. The van der Waals surface area contributed by atoms with Gasteiger partial charge < -0.3 is 31.6 Å². The fourth-order valence-corrected chi connectivity index (χ4v) is 4.84. The fourth-order valence-electron chi connectivity index (χ4n) is 4.02. The molecule has 146 valence electrons. The first kappa shape index (κ1) is 20.2. The maximum absolute atomic E-state index is 11.7. The van der Waals surface area contributed by atoms with Crippen LogP contribution in [0.25, 0.3) is 0 Å². The lowest BCUT2D eigenvalue weighted by Crippen LogP contribution is -3.00. The minimum Gasteiger partial charge on any atom is -1.00 e. The van der Waals surface area contributed by atoms with Gasteiger partial charge in [-0.3, -0.25) is 0 Å². The van der Waals surface area contributed by atoms with Crippen molar-refractivity contribution in [2.75, 3.05) is 32.2 Å². The van der Waals surface area contributed by atoms with E-state index >= 15 is 0 Å². The fraction of sp³-hybridized carbons (Fsp3) is 0.450. The first-order chi connectivity index (χ1) is 12.7. The molecule has 0 bridgehead atoms. The topological polar surface area (TPSA) is 44.9 Å². The molecule has 0 aliphatic carbocycles. The Hall–Kier alpha value is -1.57. The van der Waals surface area contributed by atoms with Gasteiger partial charge in [-0.15, -0.1) is 11.3 Å². The van der Waals surface area contributed by atoms with Crippen LogP contribution < -0.4 is 31.4 Å². The molecule has 3 heterocycles. The van der Waals surface area contributed by atoms with E-state index in [-0.39, 0.29) is 17.0 Å². The van der Waals surface area contributed by atoms with E-state index < -0.39 is 5.72 Å². The maximum atomic E-state index is 11.7. The van der Waals surface area contributed by atoms with Crippen molar-refractivity contribution in [2.24, 2.45) is 0 Å². The first-order valence-electron chi connectivity index (χ1n) is 9.07. The Kier molecular flexibility index (Phi) is 6.13. The van der Waals surface area contributed by atoms with E-state index in [0.717, 1.165) is 47.9 Å². The average molecular weight is 453 g/mol. The summed E-state index contributed by atoms with van der Waals surface area (Å²) in [6.45, 7) is 1.36. The Labute approximate surface area is 174 Å². The minimum absolute atomic E-state index is 0. The number of β-amino-alcohol motifs (C(OH)–C–C–N with tert-alkyl or cyclic N) is 1. The van der Waals surface area contributed by atoms with Gasteiger partial charge in [0, 0.05) is 12.5 Å². The predicted octanol–water partition coefficient (Wildman–Crippen LogP) is 0.420. The second-order valence-corrected chi connectivity index (χ2v) is 7.74. The number of rotatable bonds is 4. The molecule has 1 aromatic carbocycles. The van der Waals surface area contributed by atoms with E-state index in [0.29, 0.717) is 6.54 Å². The van der Waals surface area contributed by atoms with Gasteiger partial charge in [-0.25, -0.2) is 9.48 Å². The number of aliphatic hydroxyl groups is 1. The van der Waals surface area contributed by atoms with Crippen LogP contribution in [0.2, 0.25) is 0 Å². The molecular formula is C20H25BrN2O3S. The van der Waals surface area contributed by atoms with Gasteiger partial charge in [-0.05, 0) is 42.8 Å². The molecule has 0 saturated heterocycles. The van der Waals surface area contributed by atoms with Gasteiger partial charge in [0.1, 0.15) is 5.75 Å². The molecule has 27 heavy (non-hydrogen) atoms. The van der Waals surface area contributed by atoms with Crippen LogP contribution in [-0.4, -0.2) is 42.8 Å². The number of amidine groups is 1. The molecule has 1 atom stereocenters. The standard InChI is InChI=1S/C20H25N2O3S.BrH/c1-24-15-9-10-17(25-2)16(13-15)21-14-20(23,18-7-6-12-26-18)22-11-5-3-4-8-19(21)22;/h6-7,9-10,12-13,23H,3-5,8,11,14H2,1-2H3;1H/q+1;/p-1. The van der Waals surface area contributed by atoms with Gasteiger partial charge in [-0.2, -0.15) is 0 Å². The van der Waals surface area contributed by atoms with Crippen LogP contribution in [0.5, 0.6) is 11.5 Å². The van der Waals surface area contributed by atoms with Crippen molar-refractivity contribution in [3.05, 3.63) is 40.6 Å². The number of thiophene rings is 1. The van der Waals surface area contributed by atoms with Crippen LogP contribution in [0.3, 0.4) is 0 Å². The van der Waals surface area contributed by atoms with Crippen molar-refractivity contribution < 1.29 is 36.1 Å². The number of anilines is 1. The predicted molar refractivity (Wildman–Crippen MR) is 104 cm³/mol. The lowest BCUT2D eigenvalue weighted by atomic mass is 10.1. The molecule has 0 spiro atoms. The molecule has 2 aromatic rings. The third-order valence-electron chi connectivity index (χ3n) is 5.32. The normalized spacial score (nSPS) is 22.1. The summed E-state index contributed by atoms with van der Waals surface area (Å²) in [6, 6.07) is 9.86. The quantitative estimate of drug-likeness (QED) is 0.682. The minimum atomic E-state index is -0.998. The van der Waals surface area contributed by atoms with Crippen LogP contribution in [0.4, 0.5) is 5.69 Å². The van der Waals surface area contributed by atoms with Gasteiger partial charge in [0.25, 0.3) is 11.6 Å². The second-order valence-electron chi connectivity index (χ2n) is 6.80. The molecular weight excluding hydrogens is 428 g/mol. The summed E-state index contributed by atoms with van der Waals surface area (Å²) in [6.07, 6.45) is 4.37. The van der Waals surface area contributed by atoms with E-state index in [2.05, 4.69) is 9.48 Å². The molecule has 1 aromatic heterocycles. The summed E-state index contributed by atoms with van der Waals surface area (Å²) in [5, 5.41) is 13.7. The molecule has 7 heteroatoms. The molecule has 5 nitrogen and oxygen atoms in total. The lowest BCUT2D eigenvalue weighted by molar-refractivity contribution is -0.657. The van der Waals surface area contributed by atoms with Crippen LogP contribution in [0, 0.1) is 0 Å². The Morgan fingerprint density at radius 3 is 2.70 bits per heavy atom. The number of nitrogens with zero attached hydrogens (tertiary/aromatic N) is 2. The van der Waals surface area contributed by atoms with Crippen molar-refractivity contribution in [1.29, 1.82) is 0 Å². The van der Waals surface area contributed by atoms with Crippen molar-refractivity contribution in [3.8, 4) is 11.5 Å². The first-order valence-corrected chi connectivity index (χ1v) is 9.95. The summed E-state index contributed by atoms with van der Waals surface area (Å²) in [5.41, 5.74) is -0.0525. The van der Waals surface area contributed by atoms with Gasteiger partial charge in [0.05, 0.1) is 25.6 Å². The summed E-state index contributed by atoms with van der Waals surface area (Å²) >= 11 is 1.61. The van der Waals surface area contributed by atoms with Gasteiger partial charge in [-0.1, -0.05) is 6.07 Å². The average Bonchev–Trinajstić information content (AvgIpc) is 3.22. The van der Waals surface area contributed by atoms with Gasteiger partial charge in [0.15, 0.2) is 18.0 Å². The molecule has 0 radical (unpaired) electrons. The SMILES string of the molecule is COc1ccc(OC)c(N2CC(O)(c3cccs3)[N+]3=C2CCCCC3)c1.[Br-]. The lowest BCUT2D eigenvalue weighted by Gasteiger charge is -2.22. The molecule has 2 aliphatic rings. The smallest absolute Gasteiger partial charge is 0.280 e. The summed E-state index contributed by atoms with van der Waals surface area (Å²) in [5.74, 6) is 2.75. The van der Waals surface area contributed by atoms with Gasteiger partial charge in [0.2, 0.25) is 0 Å². The molecule has 0 fully saturated rings. The van der Waals surface area contributed by atoms with Crippen molar-refractivity contribution >= 4 is 22.9 Å². The third kappa shape index (κ3) is 3.48. The highest BCUT2D eigenvalue weighted by atomic mass is 79.9. The highest BCUT2D eigenvalue weighted by Gasteiger charge is 2.53. The highest BCUT2D eigenvalue weighted by Crippen LogP contribution is 2.41. The van der Waals surface area contributed by atoms with Crippen LogP contribution >= 0.6 is 11.3 Å². The van der Waals surface area contributed by atoms with Crippen molar-refractivity contribution in [3.63, 3.8) is 0 Å². The summed E-state index contributed by atoms with van der Waals surface area (Å²) in [7, 11) is 3.35. The zero-order valence-corrected chi connectivity index (χ0v) is 18.1. The Balaban J connectivity index is 0.00000210. The largest absolute Gasteiger partial charge is 1.00 e. The third-order valence-corrected chi connectivity index (χ3v) is 6.33. The molecule has 0 saturated carbocycles. The van der Waals surface area contributed by atoms with Crippen LogP contribution in [-0.2, 0) is 5.72 Å². The van der Waals surface area contributed by atoms with E-state index in [1.54, 1.807) is 25.6 Å². The molecule has 2 aliphatic heterocycles. The van der Waals surface area contributed by atoms with Crippen molar-refractivity contribution in [1.82, 2.24) is 0 Å². The van der Waals surface area contributed by atoms with Gasteiger partial charge >= 0.3 is 0 Å². The highest BCUT2D eigenvalue weighted by molar-refractivity contribution is 7.10. The zero-order chi connectivity index (χ0) is 18.1. The number of benzene rings is 1. The molecule has 1 N–H and O–H groups in total. The van der Waals surface area contributed by atoms with Crippen molar-refractivity contribution in [2.45, 2.75) is 31.4 Å². The number of halogens is 1. The number of hydrogen-bond acceptors (Lipinski definition) is 5. The summed E-state index contributed by atoms with van der Waals surface area (Å²) in [4.78, 5) is 3.20. The Morgan fingerprint density at radius 1 is 1.15 bits per heavy atom. The van der Waals surface area contributed by atoms with E-state index in [1.807, 2.05) is 35.7 Å². The summed E-state index contributed by atoms with van der Waals surface area (Å²) < 4.78 is 13.3. The van der Waals surface area contributed by atoms with E-state index in [9.17, 15) is 5.11 Å². The second kappa shape index (κ2) is 8.20. The number of hydrogen-bond donors (Lipinski definition) is 1. The molecule has 0 amide bonds. The zero-order valence-electron chi connectivity index (χ0n) is 15.7. The number of methoxy groups -OCH3 is 2. The molecule has 4 rings (SSSR count). The monoisotopic (exact) mass is 452 g/mol. The van der Waals surface area contributed by atoms with E-state index in [1.165, 1.54) is 12.3 Å². The van der Waals surface area contributed by atoms with E-state index in [4.69, 9.17) is 9.47 Å². The number of ether oxygens (including phenoxy) is 2. The molecule has 1 unspecified atom stereocenters. The maximum Gasteiger partial charge on any atom is 0.280 e. The van der Waals surface area contributed by atoms with Crippen LogP contribution in [0.15, 0.2) is 35.7 Å². The van der Waals surface area contributed by atoms with Crippen LogP contribution in [0.1, 0.15) is 30.6 Å². The Bertz CT molecular complexity index is 825.